The first-order valence-electron chi connectivity index (χ1n) is 11.4. The summed E-state index contributed by atoms with van der Waals surface area (Å²) in [6.45, 7) is 1.81. The second-order valence-corrected chi connectivity index (χ2v) is 12.7. The van der Waals surface area contributed by atoms with Crippen molar-refractivity contribution in [1.82, 2.24) is 18.4 Å². The van der Waals surface area contributed by atoms with Gasteiger partial charge in [0.2, 0.25) is 32.9 Å². The number of amides is 2. The van der Waals surface area contributed by atoms with Gasteiger partial charge in [-0.1, -0.05) is 12.1 Å². The summed E-state index contributed by atoms with van der Waals surface area (Å²) in [5, 5.41) is 0. The average Bonchev–Trinajstić information content (AvgIpc) is 3.19. The van der Waals surface area contributed by atoms with E-state index in [-0.39, 0.29) is 47.1 Å². The molecule has 2 aromatic rings. The topological polar surface area (TPSA) is 132 Å². The molecule has 2 amide bonds. The van der Waals surface area contributed by atoms with Gasteiger partial charge in [-0.2, -0.15) is 8.61 Å². The summed E-state index contributed by atoms with van der Waals surface area (Å²) in [6, 6.07) is 8.71. The zero-order chi connectivity index (χ0) is 25.7. The molecule has 0 spiro atoms. The van der Waals surface area contributed by atoms with Crippen LogP contribution in [0, 0.1) is 0 Å². The van der Waals surface area contributed by atoms with Gasteiger partial charge >= 0.3 is 0 Å². The molecular weight excluding hydrogens is 508 g/mol. The molecule has 0 aromatic heterocycles. The fourth-order valence-corrected chi connectivity index (χ4v) is 7.65. The molecular formula is C23H24N4O7S2. The second-order valence-electron chi connectivity index (χ2n) is 8.83. The standard InChI is InChI=1S/C23H24N4O7S2/c28-15-24-5-9-26(10-6-24)35(31,32)17-1-3-19-20-4-2-18(14-22(20)23(30)21(19)13-17)36(33,34)27-11-7-25(16-29)8-12-27/h1-4,13-16H,5-12H2. The number of rotatable bonds is 6. The molecule has 2 heterocycles. The van der Waals surface area contributed by atoms with Crippen LogP contribution in [0.1, 0.15) is 15.9 Å². The minimum atomic E-state index is -3.87. The molecule has 3 aliphatic rings. The Balaban J connectivity index is 1.42. The molecule has 13 heteroatoms. The molecule has 2 aromatic carbocycles. The van der Waals surface area contributed by atoms with Gasteiger partial charge in [0, 0.05) is 63.5 Å². The number of sulfonamides is 2. The van der Waals surface area contributed by atoms with Crippen molar-refractivity contribution in [2.75, 3.05) is 52.4 Å². The summed E-state index contributed by atoms with van der Waals surface area (Å²) in [7, 11) is -7.74. The highest BCUT2D eigenvalue weighted by Crippen LogP contribution is 2.39. The van der Waals surface area contributed by atoms with Crippen molar-refractivity contribution in [3.8, 4) is 11.1 Å². The van der Waals surface area contributed by atoms with E-state index in [1.165, 1.54) is 42.7 Å². The monoisotopic (exact) mass is 532 g/mol. The zero-order valence-electron chi connectivity index (χ0n) is 19.2. The van der Waals surface area contributed by atoms with Crippen LogP contribution >= 0.6 is 0 Å². The van der Waals surface area contributed by atoms with Gasteiger partial charge in [0.25, 0.3) is 0 Å². The predicted octanol–water partition coefficient (Wildman–Crippen LogP) is -0.177. The van der Waals surface area contributed by atoms with Crippen molar-refractivity contribution in [2.24, 2.45) is 0 Å². The van der Waals surface area contributed by atoms with Gasteiger partial charge in [0.15, 0.2) is 5.78 Å². The van der Waals surface area contributed by atoms with E-state index in [1.54, 1.807) is 12.1 Å². The van der Waals surface area contributed by atoms with Gasteiger partial charge in [-0.25, -0.2) is 16.8 Å². The van der Waals surface area contributed by atoms with E-state index < -0.39 is 25.8 Å². The van der Waals surface area contributed by atoms with E-state index in [0.717, 1.165) is 0 Å². The fraction of sp³-hybridized carbons (Fsp3) is 0.348. The van der Waals surface area contributed by atoms with Crippen LogP contribution in [0.2, 0.25) is 0 Å². The number of ketones is 1. The lowest BCUT2D eigenvalue weighted by Crippen LogP contribution is -2.48. The molecule has 11 nitrogen and oxygen atoms in total. The van der Waals surface area contributed by atoms with Gasteiger partial charge in [0.1, 0.15) is 0 Å². The molecule has 0 atom stereocenters. The number of benzene rings is 2. The van der Waals surface area contributed by atoms with E-state index >= 15 is 0 Å². The zero-order valence-corrected chi connectivity index (χ0v) is 20.9. The van der Waals surface area contributed by atoms with Crippen LogP contribution in [0.4, 0.5) is 0 Å². The summed E-state index contributed by atoms with van der Waals surface area (Å²) in [5.41, 5.74) is 1.49. The SMILES string of the molecule is O=CN1CCN(S(=O)(=O)c2ccc3c(c2)C(=O)c2cc(S(=O)(=O)N4CCN(C=O)CC4)ccc2-3)CC1. The minimum Gasteiger partial charge on any atom is -0.343 e. The molecule has 2 fully saturated rings. The number of hydrogen-bond donors (Lipinski definition) is 0. The lowest BCUT2D eigenvalue weighted by atomic mass is 10.1. The molecule has 5 rings (SSSR count). The molecule has 2 aliphatic heterocycles. The minimum absolute atomic E-state index is 0.0251. The Morgan fingerprint density at radius 3 is 1.25 bits per heavy atom. The van der Waals surface area contributed by atoms with Crippen molar-refractivity contribution >= 4 is 38.7 Å². The maximum atomic E-state index is 13.3. The van der Waals surface area contributed by atoms with Gasteiger partial charge in [-0.3, -0.25) is 14.4 Å². The third-order valence-electron chi connectivity index (χ3n) is 6.88. The molecule has 36 heavy (non-hydrogen) atoms. The summed E-state index contributed by atoms with van der Waals surface area (Å²) >= 11 is 0. The second kappa shape index (κ2) is 9.07. The lowest BCUT2D eigenvalue weighted by Gasteiger charge is -2.31. The fourth-order valence-electron chi connectivity index (χ4n) is 4.75. The van der Waals surface area contributed by atoms with Crippen LogP contribution in [-0.2, 0) is 29.6 Å². The smallest absolute Gasteiger partial charge is 0.243 e. The van der Waals surface area contributed by atoms with Crippen LogP contribution in [0.25, 0.3) is 11.1 Å². The molecule has 1 aliphatic carbocycles. The van der Waals surface area contributed by atoms with Gasteiger partial charge < -0.3 is 9.80 Å². The summed E-state index contributed by atoms with van der Waals surface area (Å²) in [6.07, 6.45) is 1.38. The van der Waals surface area contributed by atoms with Crippen LogP contribution in [0.15, 0.2) is 46.2 Å². The molecule has 0 saturated carbocycles. The van der Waals surface area contributed by atoms with Crippen molar-refractivity contribution in [3.63, 3.8) is 0 Å². The molecule has 190 valence electrons. The van der Waals surface area contributed by atoms with E-state index in [0.29, 0.717) is 50.1 Å². The van der Waals surface area contributed by atoms with E-state index in [9.17, 15) is 31.2 Å². The maximum absolute atomic E-state index is 13.3. The predicted molar refractivity (Wildman–Crippen MR) is 128 cm³/mol. The van der Waals surface area contributed by atoms with Gasteiger partial charge in [-0.15, -0.1) is 0 Å². The first kappa shape index (κ1) is 24.6. The number of carbonyl (C=O) groups is 3. The molecule has 2 saturated heterocycles. The Kier molecular flexibility index (Phi) is 6.19. The van der Waals surface area contributed by atoms with E-state index in [1.807, 2.05) is 0 Å². The lowest BCUT2D eigenvalue weighted by molar-refractivity contribution is -0.119. The third kappa shape index (κ3) is 4.01. The highest BCUT2D eigenvalue weighted by atomic mass is 32.2. The van der Waals surface area contributed by atoms with Crippen molar-refractivity contribution < 1.29 is 31.2 Å². The quantitative estimate of drug-likeness (QED) is 0.403. The van der Waals surface area contributed by atoms with Gasteiger partial charge in [0.05, 0.1) is 9.79 Å². The highest BCUT2D eigenvalue weighted by molar-refractivity contribution is 7.89. The Bertz CT molecular complexity index is 1350. The number of fused-ring (bicyclic) bond motifs is 3. The summed E-state index contributed by atoms with van der Waals surface area (Å²) in [5.74, 6) is -0.439. The number of carbonyl (C=O) groups excluding carboxylic acids is 3. The van der Waals surface area contributed by atoms with E-state index in [2.05, 4.69) is 0 Å². The van der Waals surface area contributed by atoms with Crippen LogP contribution < -0.4 is 0 Å². The summed E-state index contributed by atoms with van der Waals surface area (Å²) in [4.78, 5) is 38.1. The Labute approximate surface area is 209 Å². The largest absolute Gasteiger partial charge is 0.343 e. The number of piperazine rings is 2. The normalized spacial score (nSPS) is 19.2. The van der Waals surface area contributed by atoms with Crippen molar-refractivity contribution in [2.45, 2.75) is 9.79 Å². The van der Waals surface area contributed by atoms with Gasteiger partial charge in [-0.05, 0) is 35.4 Å². The summed E-state index contributed by atoms with van der Waals surface area (Å²) < 4.78 is 55.2. The Morgan fingerprint density at radius 2 is 0.917 bits per heavy atom. The molecule has 0 radical (unpaired) electrons. The average molecular weight is 533 g/mol. The third-order valence-corrected chi connectivity index (χ3v) is 10.7. The van der Waals surface area contributed by atoms with Crippen molar-refractivity contribution in [1.29, 1.82) is 0 Å². The van der Waals surface area contributed by atoms with Crippen LogP contribution in [-0.4, -0.2) is 106 Å². The maximum Gasteiger partial charge on any atom is 0.243 e. The molecule has 0 N–H and O–H groups in total. The number of hydrogen-bond acceptors (Lipinski definition) is 7. The van der Waals surface area contributed by atoms with Crippen molar-refractivity contribution in [3.05, 3.63) is 47.5 Å². The molecule has 0 unspecified atom stereocenters. The first-order valence-corrected chi connectivity index (χ1v) is 14.3. The number of nitrogens with zero attached hydrogens (tertiary/aromatic N) is 4. The van der Waals surface area contributed by atoms with Crippen LogP contribution in [0.3, 0.4) is 0 Å². The highest BCUT2D eigenvalue weighted by Gasteiger charge is 2.34. The Morgan fingerprint density at radius 1 is 0.556 bits per heavy atom. The van der Waals surface area contributed by atoms with E-state index in [4.69, 9.17) is 0 Å². The van der Waals surface area contributed by atoms with Crippen LogP contribution in [0.5, 0.6) is 0 Å². The first-order chi connectivity index (χ1) is 17.2. The molecule has 0 bridgehead atoms. The Hall–Kier alpha value is -3.13.